The van der Waals surface area contributed by atoms with Gasteiger partial charge in [0.05, 0.1) is 5.69 Å². The summed E-state index contributed by atoms with van der Waals surface area (Å²) >= 11 is 1.70. The molecule has 0 bridgehead atoms. The number of thioether (sulfide) groups is 1. The third-order valence-electron chi connectivity index (χ3n) is 3.88. The zero-order valence-corrected chi connectivity index (χ0v) is 14.5. The van der Waals surface area contributed by atoms with Crippen LogP contribution in [-0.2, 0) is 23.3 Å². The van der Waals surface area contributed by atoms with Crippen molar-refractivity contribution in [3.05, 3.63) is 11.3 Å². The fourth-order valence-corrected chi connectivity index (χ4v) is 5.77. The molecule has 2 rings (SSSR count). The molecule has 2 N–H and O–H groups in total. The fourth-order valence-electron chi connectivity index (χ4n) is 2.80. The highest BCUT2D eigenvalue weighted by molar-refractivity contribution is 8.01. The standard InChI is InChI=1S/C13H24N4O2S2/c1-4-21(18,19)12-9-20-8-7-17(12)13-11(5-6-14)10(2)15-16(13)3/h12H,4-9,14H2,1-3H3. The Labute approximate surface area is 131 Å². The van der Waals surface area contributed by atoms with E-state index < -0.39 is 15.2 Å². The number of rotatable bonds is 5. The molecule has 0 aromatic carbocycles. The van der Waals surface area contributed by atoms with Gasteiger partial charge in [0.1, 0.15) is 11.2 Å². The summed E-state index contributed by atoms with van der Waals surface area (Å²) in [6, 6.07) is 0. The summed E-state index contributed by atoms with van der Waals surface area (Å²) in [5.74, 6) is 2.63. The molecular formula is C13H24N4O2S2. The molecule has 1 aromatic rings. The average molecular weight is 332 g/mol. The molecule has 0 amide bonds. The van der Waals surface area contributed by atoms with Crippen molar-refractivity contribution >= 4 is 27.4 Å². The first kappa shape index (κ1) is 16.6. The molecule has 0 saturated carbocycles. The fraction of sp³-hybridized carbons (Fsp3) is 0.769. The van der Waals surface area contributed by atoms with Gasteiger partial charge in [0.15, 0.2) is 9.84 Å². The molecule has 1 saturated heterocycles. The Morgan fingerprint density at radius 3 is 2.81 bits per heavy atom. The summed E-state index contributed by atoms with van der Waals surface area (Å²) < 4.78 is 26.6. The number of nitrogens with zero attached hydrogens (tertiary/aromatic N) is 3. The van der Waals surface area contributed by atoms with Crippen LogP contribution in [0.25, 0.3) is 0 Å². The highest BCUT2D eigenvalue weighted by Gasteiger charge is 2.35. The Morgan fingerprint density at radius 1 is 1.48 bits per heavy atom. The van der Waals surface area contributed by atoms with Crippen molar-refractivity contribution in [3.8, 4) is 0 Å². The lowest BCUT2D eigenvalue weighted by Crippen LogP contribution is -2.49. The van der Waals surface area contributed by atoms with Gasteiger partial charge in [0.25, 0.3) is 0 Å². The van der Waals surface area contributed by atoms with E-state index in [1.54, 1.807) is 23.4 Å². The number of sulfone groups is 1. The van der Waals surface area contributed by atoms with Gasteiger partial charge in [-0.15, -0.1) is 0 Å². The SMILES string of the molecule is CCS(=O)(=O)C1CSCCN1c1c(CCN)c(C)nn1C. The predicted molar refractivity (Wildman–Crippen MR) is 88.6 cm³/mol. The van der Waals surface area contributed by atoms with E-state index in [-0.39, 0.29) is 5.75 Å². The lowest BCUT2D eigenvalue weighted by atomic mass is 10.1. The number of aromatic nitrogens is 2. The summed E-state index contributed by atoms with van der Waals surface area (Å²) in [5.41, 5.74) is 7.71. The van der Waals surface area contributed by atoms with Gasteiger partial charge < -0.3 is 10.6 Å². The maximum Gasteiger partial charge on any atom is 0.171 e. The van der Waals surface area contributed by atoms with Crippen molar-refractivity contribution in [1.82, 2.24) is 9.78 Å². The van der Waals surface area contributed by atoms with Crippen molar-refractivity contribution < 1.29 is 8.42 Å². The second kappa shape index (κ2) is 6.58. The molecule has 0 spiro atoms. The van der Waals surface area contributed by atoms with E-state index >= 15 is 0 Å². The van der Waals surface area contributed by atoms with Crippen LogP contribution in [0.2, 0.25) is 0 Å². The predicted octanol–water partition coefficient (Wildman–Crippen LogP) is 0.544. The van der Waals surface area contributed by atoms with E-state index in [1.807, 2.05) is 18.9 Å². The zero-order valence-electron chi connectivity index (χ0n) is 12.9. The topological polar surface area (TPSA) is 81.2 Å². The van der Waals surface area contributed by atoms with Crippen molar-refractivity contribution in [2.75, 3.05) is 35.2 Å². The van der Waals surface area contributed by atoms with Crippen molar-refractivity contribution in [3.63, 3.8) is 0 Å². The molecule has 1 aliphatic heterocycles. The summed E-state index contributed by atoms with van der Waals surface area (Å²) in [4.78, 5) is 2.01. The van der Waals surface area contributed by atoms with Gasteiger partial charge in [-0.2, -0.15) is 16.9 Å². The molecule has 0 radical (unpaired) electrons. The van der Waals surface area contributed by atoms with E-state index in [2.05, 4.69) is 5.10 Å². The first-order chi connectivity index (χ1) is 9.92. The lowest BCUT2D eigenvalue weighted by molar-refractivity contribution is 0.576. The van der Waals surface area contributed by atoms with Crippen molar-refractivity contribution in [2.45, 2.75) is 25.6 Å². The lowest BCUT2D eigenvalue weighted by Gasteiger charge is -2.36. The third-order valence-corrected chi connectivity index (χ3v) is 7.17. The van der Waals surface area contributed by atoms with Gasteiger partial charge in [0.2, 0.25) is 0 Å². The first-order valence-corrected chi connectivity index (χ1v) is 10.1. The van der Waals surface area contributed by atoms with Gasteiger partial charge in [-0.05, 0) is 19.9 Å². The molecule has 21 heavy (non-hydrogen) atoms. The Hall–Kier alpha value is -0.730. The van der Waals surface area contributed by atoms with Crippen LogP contribution in [0.4, 0.5) is 5.82 Å². The summed E-state index contributed by atoms with van der Waals surface area (Å²) in [5, 5.41) is 4.00. The normalized spacial score (nSPS) is 20.0. The zero-order chi connectivity index (χ0) is 15.6. The number of hydrogen-bond acceptors (Lipinski definition) is 6. The van der Waals surface area contributed by atoms with Crippen LogP contribution in [0.15, 0.2) is 0 Å². The van der Waals surface area contributed by atoms with Gasteiger partial charge in [-0.1, -0.05) is 6.92 Å². The molecule has 0 aliphatic carbocycles. The average Bonchev–Trinajstić information content (AvgIpc) is 2.74. The van der Waals surface area contributed by atoms with E-state index in [1.165, 1.54) is 0 Å². The minimum Gasteiger partial charge on any atom is -0.338 e. The van der Waals surface area contributed by atoms with Gasteiger partial charge >= 0.3 is 0 Å². The smallest absolute Gasteiger partial charge is 0.171 e. The Morgan fingerprint density at radius 2 is 2.19 bits per heavy atom. The Balaban J connectivity index is 2.47. The first-order valence-electron chi connectivity index (χ1n) is 7.20. The van der Waals surface area contributed by atoms with E-state index in [0.717, 1.165) is 35.8 Å². The molecule has 1 fully saturated rings. The van der Waals surface area contributed by atoms with Crippen LogP contribution < -0.4 is 10.6 Å². The van der Waals surface area contributed by atoms with Crippen molar-refractivity contribution in [1.29, 1.82) is 0 Å². The largest absolute Gasteiger partial charge is 0.338 e. The van der Waals surface area contributed by atoms with Crippen LogP contribution >= 0.6 is 11.8 Å². The quantitative estimate of drug-likeness (QED) is 0.848. The van der Waals surface area contributed by atoms with Crippen LogP contribution in [0.3, 0.4) is 0 Å². The number of hydrogen-bond donors (Lipinski definition) is 1. The summed E-state index contributed by atoms with van der Waals surface area (Å²) in [6.45, 7) is 4.93. The molecule has 1 aliphatic rings. The highest BCUT2D eigenvalue weighted by Crippen LogP contribution is 2.31. The molecule has 8 heteroatoms. The van der Waals surface area contributed by atoms with Crippen molar-refractivity contribution in [2.24, 2.45) is 12.8 Å². The van der Waals surface area contributed by atoms with Gasteiger partial charge in [0, 0.05) is 36.4 Å². The second-order valence-corrected chi connectivity index (χ2v) is 8.82. The van der Waals surface area contributed by atoms with Gasteiger partial charge in [-0.3, -0.25) is 4.68 Å². The molecule has 6 nitrogen and oxygen atoms in total. The van der Waals surface area contributed by atoms with Gasteiger partial charge in [-0.25, -0.2) is 8.42 Å². The highest BCUT2D eigenvalue weighted by atomic mass is 32.2. The van der Waals surface area contributed by atoms with E-state index in [9.17, 15) is 8.42 Å². The molecule has 2 heterocycles. The minimum absolute atomic E-state index is 0.164. The maximum absolute atomic E-state index is 12.4. The Bertz CT molecular complexity index is 598. The number of aryl methyl sites for hydroxylation is 2. The number of nitrogens with two attached hydrogens (primary N) is 1. The van der Waals surface area contributed by atoms with Crippen LogP contribution in [0, 0.1) is 6.92 Å². The van der Waals surface area contributed by atoms with Crippen LogP contribution in [0.1, 0.15) is 18.2 Å². The summed E-state index contributed by atoms with van der Waals surface area (Å²) in [7, 11) is -1.25. The minimum atomic E-state index is -3.13. The van der Waals surface area contributed by atoms with Crippen LogP contribution in [-0.4, -0.2) is 53.9 Å². The van der Waals surface area contributed by atoms with E-state index in [0.29, 0.717) is 12.3 Å². The van der Waals surface area contributed by atoms with E-state index in [4.69, 9.17) is 5.73 Å². The van der Waals surface area contributed by atoms with Crippen LogP contribution in [0.5, 0.6) is 0 Å². The molecule has 1 atom stereocenters. The maximum atomic E-state index is 12.4. The molecular weight excluding hydrogens is 308 g/mol. The third kappa shape index (κ3) is 3.22. The monoisotopic (exact) mass is 332 g/mol. The second-order valence-electron chi connectivity index (χ2n) is 5.22. The number of anilines is 1. The molecule has 1 unspecified atom stereocenters. The molecule has 1 aromatic heterocycles. The summed E-state index contributed by atoms with van der Waals surface area (Å²) in [6.07, 6.45) is 0.720. The Kier molecular flexibility index (Phi) is 5.21. The molecule has 120 valence electrons.